The first-order chi connectivity index (χ1) is 16.7. The van der Waals surface area contributed by atoms with Gasteiger partial charge in [0.25, 0.3) is 11.8 Å². The van der Waals surface area contributed by atoms with Gasteiger partial charge >= 0.3 is 11.9 Å². The predicted octanol–water partition coefficient (Wildman–Crippen LogP) is 1.66. The summed E-state index contributed by atoms with van der Waals surface area (Å²) < 4.78 is 0. The van der Waals surface area contributed by atoms with Gasteiger partial charge < -0.3 is 15.9 Å². The van der Waals surface area contributed by atoms with Gasteiger partial charge in [-0.1, -0.05) is 36.4 Å². The number of nitrogens with zero attached hydrogens (tertiary/aromatic N) is 1. The molecule has 5 N–H and O–H groups in total. The molecule has 1 heterocycles. The van der Waals surface area contributed by atoms with Gasteiger partial charge in [0, 0.05) is 0 Å². The number of nitrogens with two attached hydrogens (primary N) is 1. The Morgan fingerprint density at radius 2 is 1.34 bits per heavy atom. The van der Waals surface area contributed by atoms with Crippen LogP contribution in [0, 0.1) is 0 Å². The fourth-order valence-corrected chi connectivity index (χ4v) is 3.98. The number of aromatic carboxylic acids is 2. The van der Waals surface area contributed by atoms with Gasteiger partial charge in [-0.3, -0.25) is 24.1 Å². The molecule has 4 rings (SSSR count). The smallest absolute Gasteiger partial charge is 0.338 e. The molecule has 0 spiro atoms. The molecule has 2 aliphatic carbocycles. The highest BCUT2D eigenvalue weighted by Crippen LogP contribution is 2.38. The third-order valence-electron chi connectivity index (χ3n) is 5.57. The number of fused-ring (bicyclic) bond motifs is 2. The van der Waals surface area contributed by atoms with E-state index in [9.17, 15) is 34.2 Å². The van der Waals surface area contributed by atoms with Crippen molar-refractivity contribution >= 4 is 35.3 Å². The summed E-state index contributed by atoms with van der Waals surface area (Å²) in [5.74, 6) is -4.14. The summed E-state index contributed by atoms with van der Waals surface area (Å²) in [6.07, 6.45) is -0.162. The van der Waals surface area contributed by atoms with Gasteiger partial charge in [0.05, 0.1) is 47.5 Å². The lowest BCUT2D eigenvalue weighted by atomic mass is 10.1. The van der Waals surface area contributed by atoms with Crippen LogP contribution in [0.3, 0.4) is 0 Å². The Morgan fingerprint density at radius 1 is 0.829 bits per heavy atom. The van der Waals surface area contributed by atoms with E-state index in [0.717, 1.165) is 4.90 Å². The van der Waals surface area contributed by atoms with Crippen LogP contribution in [0.4, 0.5) is 5.69 Å². The topological polar surface area (TPSA) is 176 Å². The van der Waals surface area contributed by atoms with Crippen molar-refractivity contribution in [1.29, 1.82) is 0 Å². The van der Waals surface area contributed by atoms with E-state index in [4.69, 9.17) is 10.6 Å². The van der Waals surface area contributed by atoms with Crippen molar-refractivity contribution in [1.82, 2.24) is 10.4 Å². The lowest BCUT2D eigenvalue weighted by molar-refractivity contribution is -0.132. The van der Waals surface area contributed by atoms with Crippen LogP contribution in [0.2, 0.25) is 0 Å². The average Bonchev–Trinajstić information content (AvgIpc) is 3.13. The van der Waals surface area contributed by atoms with Crippen LogP contribution < -0.4 is 11.2 Å². The first-order valence-electron chi connectivity index (χ1n) is 10.4. The number of rotatable bonds is 8. The molecular weight excluding hydrogens is 458 g/mol. The normalized spacial score (nSPS) is 12.6. The van der Waals surface area contributed by atoms with E-state index in [1.807, 2.05) is 0 Å². The highest BCUT2D eigenvalue weighted by atomic mass is 16.7. The zero-order chi connectivity index (χ0) is 25.3. The Balaban J connectivity index is 1.38. The second-order valence-electron chi connectivity index (χ2n) is 7.70. The predicted molar refractivity (Wildman–Crippen MR) is 121 cm³/mol. The number of carboxylic acids is 2. The second kappa shape index (κ2) is 9.23. The number of carboxylic acid groups (broad SMARTS) is 2. The number of hydrogen-bond donors (Lipinski definition) is 4. The standard InChI is InChI=1S/C24H19N3O8/c25-20-18(23(31)32)13-7-5-12(6-8-14(13)19(20)24(33)34)11-17(28)26-35-10-9-27-21(29)15-3-1-2-4-16(15)22(27)30/h1-8H,9-11,25H2,(H,26,28)(H,31,32)(H,33,34). The molecule has 0 saturated carbocycles. The van der Waals surface area contributed by atoms with Crippen LogP contribution >= 0.6 is 0 Å². The Hall–Kier alpha value is -4.77. The zero-order valence-electron chi connectivity index (χ0n) is 18.1. The number of hydroxylamine groups is 1. The number of anilines is 1. The van der Waals surface area contributed by atoms with E-state index in [1.165, 1.54) is 24.3 Å². The van der Waals surface area contributed by atoms with Gasteiger partial charge in [-0.15, -0.1) is 0 Å². The molecule has 1 aromatic carbocycles. The van der Waals surface area contributed by atoms with Crippen molar-refractivity contribution in [3.63, 3.8) is 0 Å². The van der Waals surface area contributed by atoms with E-state index in [2.05, 4.69) is 5.48 Å². The summed E-state index contributed by atoms with van der Waals surface area (Å²) in [6, 6.07) is 12.2. The number of benzene rings is 1. The van der Waals surface area contributed by atoms with Crippen LogP contribution in [-0.4, -0.2) is 57.9 Å². The molecule has 0 bridgehead atoms. The molecule has 11 heteroatoms. The Bertz CT molecular complexity index is 1280. The summed E-state index contributed by atoms with van der Waals surface area (Å²) in [7, 11) is 0. The maximum atomic E-state index is 12.3. The van der Waals surface area contributed by atoms with Crippen LogP contribution in [-0.2, 0) is 16.1 Å². The number of hydrogen-bond acceptors (Lipinski definition) is 7. The van der Waals surface area contributed by atoms with Crippen molar-refractivity contribution in [2.45, 2.75) is 6.42 Å². The molecular formula is C24H19N3O8. The number of carbonyl (C=O) groups is 5. The minimum atomic E-state index is -1.36. The summed E-state index contributed by atoms with van der Waals surface area (Å²) >= 11 is 0. The monoisotopic (exact) mass is 477 g/mol. The lowest BCUT2D eigenvalue weighted by Crippen LogP contribution is -2.35. The molecule has 3 aliphatic rings. The van der Waals surface area contributed by atoms with E-state index < -0.39 is 29.7 Å². The quantitative estimate of drug-likeness (QED) is 0.213. The molecule has 3 amide bonds. The molecule has 0 aromatic heterocycles. The third-order valence-corrected chi connectivity index (χ3v) is 5.57. The minimum absolute atomic E-state index is 0.0564. The van der Waals surface area contributed by atoms with E-state index in [0.29, 0.717) is 16.7 Å². The molecule has 11 nitrogen and oxygen atoms in total. The van der Waals surface area contributed by atoms with Gasteiger partial charge in [0.15, 0.2) is 0 Å². The maximum absolute atomic E-state index is 12.3. The number of carbonyl (C=O) groups excluding carboxylic acids is 3. The largest absolute Gasteiger partial charge is 0.478 e. The first-order valence-corrected chi connectivity index (χ1v) is 10.4. The number of amides is 3. The van der Waals surface area contributed by atoms with E-state index >= 15 is 0 Å². The highest BCUT2D eigenvalue weighted by molar-refractivity contribution is 6.21. The zero-order valence-corrected chi connectivity index (χ0v) is 18.1. The van der Waals surface area contributed by atoms with Gasteiger partial charge in [-0.25, -0.2) is 15.1 Å². The highest BCUT2D eigenvalue weighted by Gasteiger charge is 2.34. The summed E-state index contributed by atoms with van der Waals surface area (Å²) in [5.41, 5.74) is 8.35. The first kappa shape index (κ1) is 23.4. The van der Waals surface area contributed by atoms with Crippen molar-refractivity contribution in [3.05, 3.63) is 76.3 Å². The van der Waals surface area contributed by atoms with Crippen LogP contribution in [0.15, 0.2) is 48.5 Å². The van der Waals surface area contributed by atoms with Crippen molar-refractivity contribution in [3.8, 4) is 11.1 Å². The van der Waals surface area contributed by atoms with E-state index in [-0.39, 0.29) is 47.5 Å². The molecule has 178 valence electrons. The Kier molecular flexibility index (Phi) is 6.17. The molecule has 0 atom stereocenters. The van der Waals surface area contributed by atoms with Gasteiger partial charge in [-0.2, -0.15) is 0 Å². The lowest BCUT2D eigenvalue weighted by Gasteiger charge is -2.13. The fraction of sp³-hybridized carbons (Fsp3) is 0.125. The van der Waals surface area contributed by atoms with Gasteiger partial charge in [0.2, 0.25) is 5.91 Å². The number of imide groups is 1. The van der Waals surface area contributed by atoms with Crippen molar-refractivity contribution < 1.29 is 39.0 Å². The van der Waals surface area contributed by atoms with Gasteiger partial charge in [0.1, 0.15) is 0 Å². The molecule has 0 saturated heterocycles. The summed E-state index contributed by atoms with van der Waals surface area (Å²) in [6.45, 7) is -0.184. The summed E-state index contributed by atoms with van der Waals surface area (Å²) in [5, 5.41) is 18.9. The summed E-state index contributed by atoms with van der Waals surface area (Å²) in [4.78, 5) is 66.2. The van der Waals surface area contributed by atoms with Gasteiger partial charge in [-0.05, 0) is 28.8 Å². The van der Waals surface area contributed by atoms with Crippen LogP contribution in [0.25, 0.3) is 11.1 Å². The maximum Gasteiger partial charge on any atom is 0.338 e. The minimum Gasteiger partial charge on any atom is -0.478 e. The van der Waals surface area contributed by atoms with E-state index in [1.54, 1.807) is 24.3 Å². The number of nitrogens with one attached hydrogen (secondary N) is 1. The fourth-order valence-electron chi connectivity index (χ4n) is 3.98. The number of nitrogen functional groups attached to an aromatic ring is 1. The molecule has 1 aromatic rings. The molecule has 0 fully saturated rings. The average molecular weight is 477 g/mol. The molecule has 0 unspecified atom stereocenters. The molecule has 35 heavy (non-hydrogen) atoms. The third kappa shape index (κ3) is 4.27. The molecule has 0 radical (unpaired) electrons. The van der Waals surface area contributed by atoms with Crippen molar-refractivity contribution in [2.24, 2.45) is 0 Å². The Labute approximate surface area is 198 Å². The second-order valence-corrected chi connectivity index (χ2v) is 7.70. The van der Waals surface area contributed by atoms with Crippen molar-refractivity contribution in [2.75, 3.05) is 18.9 Å². The molecule has 1 aliphatic heterocycles. The Morgan fingerprint density at radius 3 is 1.83 bits per heavy atom. The van der Waals surface area contributed by atoms with Crippen LogP contribution in [0.5, 0.6) is 0 Å². The van der Waals surface area contributed by atoms with Crippen LogP contribution in [0.1, 0.15) is 47.0 Å². The SMILES string of the molecule is Nc1c(C(=O)O)c2ccc(CC(=O)NOCCN3C(=O)c4ccccc4C3=O)ccc-2c1C(=O)O.